The van der Waals surface area contributed by atoms with Gasteiger partial charge in [-0.1, -0.05) is 160 Å². The molecule has 268 valence electrons. The molecule has 55 heavy (non-hydrogen) atoms. The molecule has 0 aromatic heterocycles. The van der Waals surface area contributed by atoms with Crippen LogP contribution >= 0.6 is 0 Å². The van der Waals surface area contributed by atoms with Crippen LogP contribution in [0.4, 0.5) is 22.7 Å². The van der Waals surface area contributed by atoms with Gasteiger partial charge in [0, 0.05) is 57.0 Å². The number of fused-ring (bicyclic) bond motifs is 11. The third kappa shape index (κ3) is 4.43. The van der Waals surface area contributed by atoms with E-state index in [1.54, 1.807) is 11.1 Å². The van der Waals surface area contributed by atoms with Crippen molar-refractivity contribution >= 4 is 22.7 Å². The quantitative estimate of drug-likeness (QED) is 0.183. The molecule has 6 aliphatic rings. The normalized spacial score (nSPS) is 27.4. The Kier molecular flexibility index (Phi) is 7.15. The Hall–Kier alpha value is -5.86. The number of anilines is 4. The highest BCUT2D eigenvalue weighted by Crippen LogP contribution is 2.70. The third-order valence-corrected chi connectivity index (χ3v) is 13.9. The van der Waals surface area contributed by atoms with E-state index in [0.29, 0.717) is 11.8 Å². The smallest absolute Gasteiger partial charge is 0.0563 e. The van der Waals surface area contributed by atoms with Crippen LogP contribution in [-0.2, 0) is 10.8 Å². The molecule has 0 saturated heterocycles. The first-order valence-electron chi connectivity index (χ1n) is 20.2. The molecule has 5 aliphatic carbocycles. The lowest BCUT2D eigenvalue weighted by atomic mass is 9.61. The molecular formula is C53H46N2. The van der Waals surface area contributed by atoms with Gasteiger partial charge in [0.05, 0.1) is 6.04 Å². The number of hydrogen-bond donors (Lipinski definition) is 0. The van der Waals surface area contributed by atoms with Crippen molar-refractivity contribution < 1.29 is 0 Å². The first-order valence-corrected chi connectivity index (χ1v) is 20.2. The average molecular weight is 711 g/mol. The minimum absolute atomic E-state index is 0.108. The lowest BCUT2D eigenvalue weighted by Gasteiger charge is -2.47. The maximum Gasteiger partial charge on any atom is 0.0563 e. The number of para-hydroxylation sites is 4. The fourth-order valence-electron chi connectivity index (χ4n) is 11.7. The molecular weight excluding hydrogens is 665 g/mol. The fourth-order valence-corrected chi connectivity index (χ4v) is 11.7. The lowest BCUT2D eigenvalue weighted by Crippen LogP contribution is -2.41. The molecule has 0 N–H and O–H groups in total. The zero-order valence-electron chi connectivity index (χ0n) is 31.8. The molecule has 11 rings (SSSR count). The van der Waals surface area contributed by atoms with Crippen molar-refractivity contribution in [3.8, 4) is 0 Å². The van der Waals surface area contributed by atoms with Crippen LogP contribution in [0.2, 0.25) is 0 Å². The second-order valence-electron chi connectivity index (χ2n) is 16.8. The number of hydrogen-bond acceptors (Lipinski definition) is 2. The summed E-state index contributed by atoms with van der Waals surface area (Å²) in [6.07, 6.45) is 20.7. The molecule has 2 heteroatoms. The summed E-state index contributed by atoms with van der Waals surface area (Å²) in [4.78, 5) is 5.19. The molecule has 1 spiro atoms. The van der Waals surface area contributed by atoms with Gasteiger partial charge in [-0.2, -0.15) is 0 Å². The summed E-state index contributed by atoms with van der Waals surface area (Å²) in [5.74, 6) is 1.18. The summed E-state index contributed by atoms with van der Waals surface area (Å²) in [6, 6.07) is 49.9. The molecule has 0 amide bonds. The molecule has 6 atom stereocenters. The van der Waals surface area contributed by atoms with Crippen molar-refractivity contribution in [2.75, 3.05) is 9.80 Å². The van der Waals surface area contributed by atoms with Crippen molar-refractivity contribution in [1.29, 1.82) is 0 Å². The van der Waals surface area contributed by atoms with E-state index >= 15 is 0 Å². The van der Waals surface area contributed by atoms with Crippen LogP contribution in [0.5, 0.6) is 0 Å². The minimum atomic E-state index is -0.258. The standard InChI is InChI=1S/C53H46N2/c1-35-18-16-27-44-50(35)40-33-32-38(54(36-19-6-4-7-20-36)37-21-8-5-9-22-37)34-46(40)53(44)41-24-11-10-23-39(41)51-45(53)28-17-31-49(51)55-47-29-14-12-25-42(47)52(2,3)43-26-13-15-30-48(43)55/h4-33,35,38,45,50-51H,34H2,1-3H3/t35-,38?,45?,50?,51?,53?/m0/s1. The fraction of sp³-hybridized carbons (Fsp3) is 0.208. The van der Waals surface area contributed by atoms with E-state index in [1.165, 1.54) is 56.3 Å². The van der Waals surface area contributed by atoms with E-state index in [-0.39, 0.29) is 28.7 Å². The van der Waals surface area contributed by atoms with Gasteiger partial charge in [0.1, 0.15) is 0 Å². The van der Waals surface area contributed by atoms with Crippen LogP contribution in [0.3, 0.4) is 0 Å². The van der Waals surface area contributed by atoms with E-state index in [9.17, 15) is 0 Å². The highest BCUT2D eigenvalue weighted by atomic mass is 15.2. The van der Waals surface area contributed by atoms with Gasteiger partial charge >= 0.3 is 0 Å². The largest absolute Gasteiger partial charge is 0.334 e. The summed E-state index contributed by atoms with van der Waals surface area (Å²) in [6.45, 7) is 7.21. The minimum Gasteiger partial charge on any atom is -0.334 e. The van der Waals surface area contributed by atoms with Crippen molar-refractivity contribution in [1.82, 2.24) is 0 Å². The second-order valence-corrected chi connectivity index (χ2v) is 16.8. The van der Waals surface area contributed by atoms with Gasteiger partial charge in [0.25, 0.3) is 0 Å². The van der Waals surface area contributed by atoms with Crippen LogP contribution in [0, 0.1) is 17.8 Å². The molecule has 0 saturated carbocycles. The van der Waals surface area contributed by atoms with Gasteiger partial charge in [-0.3, -0.25) is 0 Å². The zero-order chi connectivity index (χ0) is 36.9. The van der Waals surface area contributed by atoms with Gasteiger partial charge < -0.3 is 9.80 Å². The topological polar surface area (TPSA) is 6.48 Å². The molecule has 0 fully saturated rings. The summed E-state index contributed by atoms with van der Waals surface area (Å²) >= 11 is 0. The third-order valence-electron chi connectivity index (χ3n) is 13.9. The summed E-state index contributed by atoms with van der Waals surface area (Å²) in [5, 5.41) is 0. The van der Waals surface area contributed by atoms with E-state index in [0.717, 1.165) is 6.42 Å². The van der Waals surface area contributed by atoms with Gasteiger partial charge in [0.15, 0.2) is 0 Å². The van der Waals surface area contributed by atoms with E-state index in [1.807, 2.05) is 0 Å². The Morgan fingerprint density at radius 2 is 1.18 bits per heavy atom. The summed E-state index contributed by atoms with van der Waals surface area (Å²) in [7, 11) is 0. The van der Waals surface area contributed by atoms with E-state index < -0.39 is 0 Å². The second kappa shape index (κ2) is 12.1. The van der Waals surface area contributed by atoms with Crippen LogP contribution in [0.1, 0.15) is 55.4 Å². The van der Waals surface area contributed by atoms with Gasteiger partial charge in [-0.25, -0.2) is 0 Å². The predicted molar refractivity (Wildman–Crippen MR) is 228 cm³/mol. The highest BCUT2D eigenvalue weighted by molar-refractivity contribution is 5.83. The number of rotatable bonds is 4. The number of nitrogens with zero attached hydrogens (tertiary/aromatic N) is 2. The molecule has 2 nitrogen and oxygen atoms in total. The average Bonchev–Trinajstić information content (AvgIpc) is 3.70. The summed E-state index contributed by atoms with van der Waals surface area (Å²) < 4.78 is 0. The van der Waals surface area contributed by atoms with Gasteiger partial charge in [-0.05, 0) is 93.8 Å². The Bertz CT molecular complexity index is 2460. The van der Waals surface area contributed by atoms with Crippen molar-refractivity contribution in [2.24, 2.45) is 17.8 Å². The number of allylic oxidation sites excluding steroid dienone is 10. The first kappa shape index (κ1) is 32.6. The Balaban J connectivity index is 1.11. The maximum absolute atomic E-state index is 2.63. The van der Waals surface area contributed by atoms with Crippen molar-refractivity contribution in [3.63, 3.8) is 0 Å². The predicted octanol–water partition coefficient (Wildman–Crippen LogP) is 12.8. The molecule has 0 radical (unpaired) electrons. The van der Waals surface area contributed by atoms with E-state index in [2.05, 4.69) is 213 Å². The molecule has 0 bridgehead atoms. The SMILES string of the molecule is C[C@H]1C=CC=C2C1C1=C(CC(N(c3ccccc3)c3ccccc3)C=C1)C21c2ccccc2C2C(N3c4ccccc4C(C)(C)c4ccccc43)=CC=CC21. The van der Waals surface area contributed by atoms with Gasteiger partial charge in [-0.15, -0.1) is 0 Å². The van der Waals surface area contributed by atoms with Crippen LogP contribution in [-0.4, -0.2) is 6.04 Å². The zero-order valence-corrected chi connectivity index (χ0v) is 31.8. The monoisotopic (exact) mass is 710 g/mol. The van der Waals surface area contributed by atoms with E-state index in [4.69, 9.17) is 0 Å². The molecule has 5 unspecified atom stereocenters. The first-order chi connectivity index (χ1) is 27.0. The Morgan fingerprint density at radius 3 is 1.85 bits per heavy atom. The lowest BCUT2D eigenvalue weighted by molar-refractivity contribution is 0.400. The van der Waals surface area contributed by atoms with Crippen molar-refractivity contribution in [3.05, 3.63) is 227 Å². The van der Waals surface area contributed by atoms with Crippen LogP contribution in [0.25, 0.3) is 0 Å². The molecule has 1 heterocycles. The maximum atomic E-state index is 2.63. The number of benzene rings is 5. The Labute approximate surface area is 325 Å². The summed E-state index contributed by atoms with van der Waals surface area (Å²) in [5.41, 5.74) is 16.5. The Morgan fingerprint density at radius 1 is 0.600 bits per heavy atom. The highest BCUT2D eigenvalue weighted by Gasteiger charge is 2.63. The molecule has 5 aromatic carbocycles. The van der Waals surface area contributed by atoms with Crippen LogP contribution in [0.15, 0.2) is 204 Å². The van der Waals surface area contributed by atoms with Gasteiger partial charge in [0.2, 0.25) is 0 Å². The van der Waals surface area contributed by atoms with Crippen molar-refractivity contribution in [2.45, 2.75) is 50.0 Å². The molecule has 5 aromatic rings. The van der Waals surface area contributed by atoms with Crippen LogP contribution < -0.4 is 9.80 Å². The molecule has 1 aliphatic heterocycles.